The van der Waals surface area contributed by atoms with Crippen LogP contribution in [0.4, 0.5) is 4.39 Å². The maximum atomic E-state index is 13.7. The number of likely N-dealkylation sites (tertiary alicyclic amines) is 1. The molecule has 26 heavy (non-hydrogen) atoms. The molecule has 2 aromatic rings. The Morgan fingerprint density at radius 2 is 2.04 bits per heavy atom. The van der Waals surface area contributed by atoms with Gasteiger partial charge < -0.3 is 19.1 Å². The first-order valence-corrected chi connectivity index (χ1v) is 8.74. The lowest BCUT2D eigenvalue weighted by Gasteiger charge is -2.32. The molecule has 0 aliphatic carbocycles. The van der Waals surface area contributed by atoms with Crippen LogP contribution in [-0.4, -0.2) is 36.8 Å². The van der Waals surface area contributed by atoms with Crippen molar-refractivity contribution < 1.29 is 23.4 Å². The summed E-state index contributed by atoms with van der Waals surface area (Å²) in [4.78, 5) is 14.6. The Bertz CT molecular complexity index is 810. The number of carbonyl (C=O) groups excluding carboxylic acids is 1. The van der Waals surface area contributed by atoms with Gasteiger partial charge in [0.1, 0.15) is 5.82 Å². The van der Waals surface area contributed by atoms with E-state index in [4.69, 9.17) is 14.2 Å². The summed E-state index contributed by atoms with van der Waals surface area (Å²) in [6.45, 7) is 1.58. The van der Waals surface area contributed by atoms with Crippen molar-refractivity contribution in [1.82, 2.24) is 4.90 Å². The minimum Gasteiger partial charge on any atom is -0.454 e. The van der Waals surface area contributed by atoms with Crippen LogP contribution in [-0.2, 0) is 11.3 Å². The molecule has 1 amide bonds. The van der Waals surface area contributed by atoms with Crippen molar-refractivity contribution in [2.24, 2.45) is 0 Å². The number of rotatable bonds is 4. The highest BCUT2D eigenvalue weighted by Crippen LogP contribution is 2.33. The van der Waals surface area contributed by atoms with Gasteiger partial charge in [0.25, 0.3) is 5.91 Å². The molecule has 1 unspecified atom stereocenters. The zero-order chi connectivity index (χ0) is 17.9. The van der Waals surface area contributed by atoms with Crippen molar-refractivity contribution in [3.8, 4) is 11.5 Å². The number of halogens is 1. The van der Waals surface area contributed by atoms with Gasteiger partial charge in [-0.2, -0.15) is 0 Å². The van der Waals surface area contributed by atoms with Gasteiger partial charge >= 0.3 is 0 Å². The summed E-state index contributed by atoms with van der Waals surface area (Å²) in [6, 6.07) is 11.8. The molecule has 5 nitrogen and oxygen atoms in total. The molecule has 6 heteroatoms. The third-order valence-electron chi connectivity index (χ3n) is 4.72. The maximum Gasteiger partial charge on any atom is 0.254 e. The van der Waals surface area contributed by atoms with Crippen molar-refractivity contribution in [3.63, 3.8) is 0 Å². The van der Waals surface area contributed by atoms with E-state index in [0.717, 1.165) is 12.8 Å². The summed E-state index contributed by atoms with van der Waals surface area (Å²) >= 11 is 0. The van der Waals surface area contributed by atoms with Crippen molar-refractivity contribution in [1.29, 1.82) is 0 Å². The van der Waals surface area contributed by atoms with E-state index in [0.29, 0.717) is 35.7 Å². The number of piperidine rings is 1. The van der Waals surface area contributed by atoms with E-state index < -0.39 is 0 Å². The van der Waals surface area contributed by atoms with E-state index in [1.807, 2.05) is 0 Å². The molecule has 4 rings (SSSR count). The predicted octanol–water partition coefficient (Wildman–Crippen LogP) is 3.38. The van der Waals surface area contributed by atoms with Crippen LogP contribution in [0.25, 0.3) is 0 Å². The minimum absolute atomic E-state index is 0.0532. The number of carbonyl (C=O) groups is 1. The number of hydrogen-bond acceptors (Lipinski definition) is 4. The molecule has 2 heterocycles. The van der Waals surface area contributed by atoms with Crippen LogP contribution in [0.1, 0.15) is 28.8 Å². The maximum absolute atomic E-state index is 13.7. The van der Waals surface area contributed by atoms with E-state index >= 15 is 0 Å². The molecule has 0 radical (unpaired) electrons. The Morgan fingerprint density at radius 3 is 2.92 bits per heavy atom. The Morgan fingerprint density at radius 1 is 1.19 bits per heavy atom. The summed E-state index contributed by atoms with van der Waals surface area (Å²) in [5.41, 5.74) is 1.11. The number of nitrogens with zero attached hydrogens (tertiary/aromatic N) is 1. The Hall–Kier alpha value is -2.60. The molecule has 2 aliphatic rings. The molecule has 2 aliphatic heterocycles. The topological polar surface area (TPSA) is 48.0 Å². The van der Waals surface area contributed by atoms with Crippen LogP contribution in [0.2, 0.25) is 0 Å². The lowest BCUT2D eigenvalue weighted by molar-refractivity contribution is -0.00762. The monoisotopic (exact) mass is 357 g/mol. The lowest BCUT2D eigenvalue weighted by atomic mass is 10.1. The molecule has 0 saturated carbocycles. The van der Waals surface area contributed by atoms with Gasteiger partial charge in [-0.25, -0.2) is 4.39 Å². The number of fused-ring (bicyclic) bond motifs is 1. The highest BCUT2D eigenvalue weighted by Gasteiger charge is 2.26. The summed E-state index contributed by atoms with van der Waals surface area (Å²) < 4.78 is 30.2. The third kappa shape index (κ3) is 3.51. The summed E-state index contributed by atoms with van der Waals surface area (Å²) in [5, 5.41) is 0. The Labute approximate surface area is 151 Å². The average Bonchev–Trinajstić information content (AvgIpc) is 3.15. The van der Waals surface area contributed by atoms with Crippen LogP contribution < -0.4 is 9.47 Å². The number of amides is 1. The summed E-state index contributed by atoms with van der Waals surface area (Å²) in [7, 11) is 0. The van der Waals surface area contributed by atoms with Gasteiger partial charge in [-0.05, 0) is 37.1 Å². The standard InChI is InChI=1S/C20H20FNO4/c21-17-6-2-1-4-15(17)12-24-16-5-3-9-22(11-16)20(23)14-7-8-18-19(10-14)26-13-25-18/h1-2,4,6-8,10,16H,3,5,9,11-13H2. The molecular formula is C20H20FNO4. The molecule has 1 fully saturated rings. The van der Waals surface area contributed by atoms with Crippen molar-refractivity contribution >= 4 is 5.91 Å². The second-order valence-electron chi connectivity index (χ2n) is 6.49. The first-order chi connectivity index (χ1) is 12.7. The molecule has 2 aromatic carbocycles. The molecule has 1 atom stereocenters. The molecule has 0 bridgehead atoms. The van der Waals surface area contributed by atoms with Gasteiger partial charge in [-0.1, -0.05) is 18.2 Å². The fourth-order valence-corrected chi connectivity index (χ4v) is 3.29. The molecule has 136 valence electrons. The minimum atomic E-state index is -0.267. The SMILES string of the molecule is O=C(c1ccc2c(c1)OCO2)N1CCCC(OCc2ccccc2F)C1. The first-order valence-electron chi connectivity index (χ1n) is 8.74. The summed E-state index contributed by atoms with van der Waals surface area (Å²) in [5.74, 6) is 0.936. The number of benzene rings is 2. The van der Waals surface area contributed by atoms with Gasteiger partial charge in [0.2, 0.25) is 6.79 Å². The van der Waals surface area contributed by atoms with Crippen LogP contribution in [0.15, 0.2) is 42.5 Å². The van der Waals surface area contributed by atoms with E-state index in [9.17, 15) is 9.18 Å². The van der Waals surface area contributed by atoms with E-state index in [1.54, 1.807) is 41.3 Å². The normalized spacial score (nSPS) is 18.8. The predicted molar refractivity (Wildman–Crippen MR) is 92.7 cm³/mol. The second kappa shape index (κ2) is 7.33. The zero-order valence-corrected chi connectivity index (χ0v) is 14.3. The van der Waals surface area contributed by atoms with Gasteiger partial charge in [0.05, 0.1) is 12.7 Å². The highest BCUT2D eigenvalue weighted by molar-refractivity contribution is 5.95. The summed E-state index contributed by atoms with van der Waals surface area (Å²) in [6.07, 6.45) is 1.62. The first kappa shape index (κ1) is 16.8. The Kier molecular flexibility index (Phi) is 4.75. The van der Waals surface area contributed by atoms with Crippen molar-refractivity contribution in [2.45, 2.75) is 25.6 Å². The molecule has 0 spiro atoms. The average molecular weight is 357 g/mol. The Balaban J connectivity index is 1.38. The van der Waals surface area contributed by atoms with Crippen LogP contribution in [0, 0.1) is 5.82 Å². The molecule has 0 aromatic heterocycles. The van der Waals surface area contributed by atoms with E-state index in [2.05, 4.69) is 0 Å². The molecular weight excluding hydrogens is 337 g/mol. The fraction of sp³-hybridized carbons (Fsp3) is 0.350. The van der Waals surface area contributed by atoms with Crippen LogP contribution >= 0.6 is 0 Å². The van der Waals surface area contributed by atoms with Gasteiger partial charge in [-0.15, -0.1) is 0 Å². The number of ether oxygens (including phenoxy) is 3. The smallest absolute Gasteiger partial charge is 0.254 e. The zero-order valence-electron chi connectivity index (χ0n) is 14.3. The van der Waals surface area contributed by atoms with E-state index in [-0.39, 0.29) is 31.2 Å². The van der Waals surface area contributed by atoms with Crippen molar-refractivity contribution in [3.05, 3.63) is 59.4 Å². The third-order valence-corrected chi connectivity index (χ3v) is 4.72. The van der Waals surface area contributed by atoms with Crippen LogP contribution in [0.5, 0.6) is 11.5 Å². The van der Waals surface area contributed by atoms with Gasteiger partial charge in [0, 0.05) is 24.2 Å². The van der Waals surface area contributed by atoms with Gasteiger partial charge in [0.15, 0.2) is 11.5 Å². The molecule has 1 saturated heterocycles. The highest BCUT2D eigenvalue weighted by atomic mass is 19.1. The fourth-order valence-electron chi connectivity index (χ4n) is 3.29. The molecule has 0 N–H and O–H groups in total. The second-order valence-corrected chi connectivity index (χ2v) is 6.49. The van der Waals surface area contributed by atoms with E-state index in [1.165, 1.54) is 6.07 Å². The van der Waals surface area contributed by atoms with Gasteiger partial charge in [-0.3, -0.25) is 4.79 Å². The quantitative estimate of drug-likeness (QED) is 0.842. The van der Waals surface area contributed by atoms with Crippen molar-refractivity contribution in [2.75, 3.05) is 19.9 Å². The number of hydrogen-bond donors (Lipinski definition) is 0. The largest absolute Gasteiger partial charge is 0.454 e. The lowest BCUT2D eigenvalue weighted by Crippen LogP contribution is -2.43. The van der Waals surface area contributed by atoms with Crippen LogP contribution in [0.3, 0.4) is 0 Å².